The highest BCUT2D eigenvalue weighted by molar-refractivity contribution is 6.33. The fraction of sp³-hybridized carbons (Fsp3) is 0.211. The molecule has 0 saturated carbocycles. The normalized spacial score (nSPS) is 11.8. The number of amides is 2. The van der Waals surface area contributed by atoms with Crippen molar-refractivity contribution < 1.29 is 14.3 Å². The Kier molecular flexibility index (Phi) is 7.64. The summed E-state index contributed by atoms with van der Waals surface area (Å²) >= 11 is 6.04. The standard InChI is InChI=1S/C19H20ClN3O3/c1-2-26-19(25)22-17(12-14-8-4-3-5-9-14)18(24)23-21-13-15-10-6-7-11-16(15)20/h3-11,13,17H,2,12H2,1H3,(H,22,25)(H,23,24)/b21-13-/t17-/m1/s1. The maximum absolute atomic E-state index is 12.4. The van der Waals surface area contributed by atoms with Crippen molar-refractivity contribution in [3.05, 3.63) is 70.7 Å². The van der Waals surface area contributed by atoms with Crippen molar-refractivity contribution in [2.24, 2.45) is 5.10 Å². The lowest BCUT2D eigenvalue weighted by Gasteiger charge is -2.16. The van der Waals surface area contributed by atoms with Crippen LogP contribution >= 0.6 is 11.6 Å². The fourth-order valence-electron chi connectivity index (χ4n) is 2.20. The van der Waals surface area contributed by atoms with Gasteiger partial charge in [0, 0.05) is 17.0 Å². The Morgan fingerprint density at radius 1 is 1.15 bits per heavy atom. The first-order valence-electron chi connectivity index (χ1n) is 8.14. The number of hydrogen-bond acceptors (Lipinski definition) is 4. The van der Waals surface area contributed by atoms with Gasteiger partial charge in [-0.05, 0) is 18.6 Å². The van der Waals surface area contributed by atoms with Crippen molar-refractivity contribution in [1.29, 1.82) is 0 Å². The van der Waals surface area contributed by atoms with Crippen molar-refractivity contribution in [3.8, 4) is 0 Å². The molecule has 0 heterocycles. The van der Waals surface area contributed by atoms with Gasteiger partial charge in [0.15, 0.2) is 0 Å². The Morgan fingerprint density at radius 3 is 2.54 bits per heavy atom. The first kappa shape index (κ1) is 19.5. The number of hydrazone groups is 1. The highest BCUT2D eigenvalue weighted by atomic mass is 35.5. The minimum atomic E-state index is -0.820. The second-order valence-electron chi connectivity index (χ2n) is 5.36. The Morgan fingerprint density at radius 2 is 1.85 bits per heavy atom. The summed E-state index contributed by atoms with van der Waals surface area (Å²) < 4.78 is 4.86. The van der Waals surface area contributed by atoms with E-state index in [1.54, 1.807) is 25.1 Å². The van der Waals surface area contributed by atoms with Gasteiger partial charge in [0.2, 0.25) is 0 Å². The Bertz CT molecular complexity index is 766. The van der Waals surface area contributed by atoms with Gasteiger partial charge in [-0.1, -0.05) is 60.1 Å². The summed E-state index contributed by atoms with van der Waals surface area (Å²) in [5.74, 6) is -0.454. The SMILES string of the molecule is CCOC(=O)N[C@H](Cc1ccccc1)C(=O)N/N=C\c1ccccc1Cl. The first-order chi connectivity index (χ1) is 12.6. The molecule has 0 aliphatic heterocycles. The van der Waals surface area contributed by atoms with Gasteiger partial charge in [0.05, 0.1) is 12.8 Å². The molecule has 0 fully saturated rings. The Labute approximate surface area is 157 Å². The zero-order valence-corrected chi connectivity index (χ0v) is 15.1. The van der Waals surface area contributed by atoms with E-state index in [0.717, 1.165) is 5.56 Å². The van der Waals surface area contributed by atoms with Crippen LogP contribution in [0.2, 0.25) is 5.02 Å². The molecule has 2 N–H and O–H groups in total. The predicted octanol–water partition coefficient (Wildman–Crippen LogP) is 3.15. The summed E-state index contributed by atoms with van der Waals surface area (Å²) in [7, 11) is 0. The molecule has 0 saturated heterocycles. The third kappa shape index (κ3) is 6.22. The number of nitrogens with zero attached hydrogens (tertiary/aromatic N) is 1. The lowest BCUT2D eigenvalue weighted by molar-refractivity contribution is -0.123. The van der Waals surface area contributed by atoms with Crippen LogP contribution in [0.5, 0.6) is 0 Å². The van der Waals surface area contributed by atoms with Gasteiger partial charge in [0.1, 0.15) is 6.04 Å². The van der Waals surface area contributed by atoms with E-state index in [0.29, 0.717) is 17.0 Å². The van der Waals surface area contributed by atoms with E-state index in [1.807, 2.05) is 36.4 Å². The van der Waals surface area contributed by atoms with Crippen LogP contribution in [-0.4, -0.2) is 30.9 Å². The molecule has 2 aromatic rings. The number of nitrogens with one attached hydrogen (secondary N) is 2. The van der Waals surface area contributed by atoms with E-state index in [4.69, 9.17) is 16.3 Å². The van der Waals surface area contributed by atoms with E-state index in [9.17, 15) is 9.59 Å². The third-order valence-electron chi connectivity index (χ3n) is 3.45. The smallest absolute Gasteiger partial charge is 0.407 e. The molecule has 2 amide bonds. The van der Waals surface area contributed by atoms with Crippen LogP contribution in [0.15, 0.2) is 59.7 Å². The van der Waals surface area contributed by atoms with Crippen molar-refractivity contribution in [2.45, 2.75) is 19.4 Å². The quantitative estimate of drug-likeness (QED) is 0.578. The molecular weight excluding hydrogens is 354 g/mol. The van der Waals surface area contributed by atoms with Gasteiger partial charge in [0.25, 0.3) is 5.91 Å². The van der Waals surface area contributed by atoms with E-state index in [-0.39, 0.29) is 6.61 Å². The molecule has 136 valence electrons. The van der Waals surface area contributed by atoms with Crippen LogP contribution < -0.4 is 10.7 Å². The molecule has 0 aliphatic rings. The zero-order valence-electron chi connectivity index (χ0n) is 14.3. The average Bonchev–Trinajstić information content (AvgIpc) is 2.64. The second kappa shape index (κ2) is 10.2. The summed E-state index contributed by atoms with van der Waals surface area (Å²) in [6.45, 7) is 1.91. The fourth-order valence-corrected chi connectivity index (χ4v) is 2.38. The van der Waals surface area contributed by atoms with Crippen LogP contribution in [0.3, 0.4) is 0 Å². The topological polar surface area (TPSA) is 79.8 Å². The number of carbonyl (C=O) groups excluding carboxylic acids is 2. The van der Waals surface area contributed by atoms with Crippen LogP contribution in [0.4, 0.5) is 4.79 Å². The molecule has 0 aromatic heterocycles. The molecule has 7 heteroatoms. The Hall–Kier alpha value is -2.86. The summed E-state index contributed by atoms with van der Waals surface area (Å²) in [6.07, 6.45) is 1.11. The maximum atomic E-state index is 12.4. The van der Waals surface area contributed by atoms with E-state index in [1.165, 1.54) is 6.21 Å². The molecule has 0 unspecified atom stereocenters. The van der Waals surface area contributed by atoms with Gasteiger partial charge in [-0.3, -0.25) is 4.79 Å². The highest BCUT2D eigenvalue weighted by Gasteiger charge is 2.21. The van der Waals surface area contributed by atoms with Crippen LogP contribution in [0.1, 0.15) is 18.1 Å². The first-order valence-corrected chi connectivity index (χ1v) is 8.52. The maximum Gasteiger partial charge on any atom is 0.407 e. The molecule has 1 atom stereocenters. The molecule has 2 aromatic carbocycles. The van der Waals surface area contributed by atoms with Crippen LogP contribution in [0, 0.1) is 0 Å². The van der Waals surface area contributed by atoms with E-state index in [2.05, 4.69) is 15.8 Å². The zero-order chi connectivity index (χ0) is 18.8. The lowest BCUT2D eigenvalue weighted by Crippen LogP contribution is -2.47. The van der Waals surface area contributed by atoms with Gasteiger partial charge >= 0.3 is 6.09 Å². The minimum absolute atomic E-state index is 0.218. The monoisotopic (exact) mass is 373 g/mol. The molecule has 26 heavy (non-hydrogen) atoms. The number of ether oxygens (including phenoxy) is 1. The lowest BCUT2D eigenvalue weighted by atomic mass is 10.1. The summed E-state index contributed by atoms with van der Waals surface area (Å²) in [5, 5.41) is 6.99. The second-order valence-corrected chi connectivity index (χ2v) is 5.77. The third-order valence-corrected chi connectivity index (χ3v) is 3.79. The summed E-state index contributed by atoms with van der Waals surface area (Å²) in [6, 6.07) is 15.7. The van der Waals surface area contributed by atoms with Crippen molar-refractivity contribution in [2.75, 3.05) is 6.61 Å². The van der Waals surface area contributed by atoms with Crippen LogP contribution in [0.25, 0.3) is 0 Å². The van der Waals surface area contributed by atoms with Crippen LogP contribution in [-0.2, 0) is 16.0 Å². The minimum Gasteiger partial charge on any atom is -0.450 e. The van der Waals surface area contributed by atoms with E-state index >= 15 is 0 Å². The van der Waals surface area contributed by atoms with Gasteiger partial charge in [-0.15, -0.1) is 0 Å². The van der Waals surface area contributed by atoms with Gasteiger partial charge < -0.3 is 10.1 Å². The van der Waals surface area contributed by atoms with Crippen molar-refractivity contribution >= 4 is 29.8 Å². The molecule has 6 nitrogen and oxygen atoms in total. The van der Waals surface area contributed by atoms with Crippen molar-refractivity contribution in [3.63, 3.8) is 0 Å². The Balaban J connectivity index is 2.04. The highest BCUT2D eigenvalue weighted by Crippen LogP contribution is 2.12. The molecule has 2 rings (SSSR count). The predicted molar refractivity (Wildman–Crippen MR) is 101 cm³/mol. The summed E-state index contributed by atoms with van der Waals surface area (Å²) in [5.41, 5.74) is 4.00. The largest absolute Gasteiger partial charge is 0.450 e. The van der Waals surface area contributed by atoms with Crippen molar-refractivity contribution in [1.82, 2.24) is 10.7 Å². The van der Waals surface area contributed by atoms with E-state index < -0.39 is 18.0 Å². The van der Waals surface area contributed by atoms with Gasteiger partial charge in [-0.25, -0.2) is 10.2 Å². The number of rotatable bonds is 7. The number of benzene rings is 2. The number of halogens is 1. The molecule has 0 bridgehead atoms. The molecule has 0 aliphatic carbocycles. The average molecular weight is 374 g/mol. The molecular formula is C19H20ClN3O3. The summed E-state index contributed by atoms with van der Waals surface area (Å²) in [4.78, 5) is 24.2. The molecule has 0 radical (unpaired) electrons. The molecule has 0 spiro atoms. The number of carbonyl (C=O) groups is 2. The van der Waals surface area contributed by atoms with Gasteiger partial charge in [-0.2, -0.15) is 5.10 Å². The number of hydrogen-bond donors (Lipinski definition) is 2. The number of alkyl carbamates (subject to hydrolysis) is 1.